The van der Waals surface area contributed by atoms with Crippen molar-refractivity contribution in [1.29, 1.82) is 0 Å². The number of hydrogen-bond acceptors (Lipinski definition) is 5. The van der Waals surface area contributed by atoms with Gasteiger partial charge < -0.3 is 14.5 Å². The molecule has 7 heteroatoms. The number of hydrogen-bond donors (Lipinski definition) is 1. The number of H-pyrrole nitrogens is 1. The second-order valence-electron chi connectivity index (χ2n) is 3.66. The molecule has 0 bridgehead atoms. The Morgan fingerprint density at radius 1 is 1.44 bits per heavy atom. The fraction of sp³-hybridized carbons (Fsp3) is 0.455. The van der Waals surface area contributed by atoms with Crippen LogP contribution in [0.1, 0.15) is 0 Å². The molecule has 2 heterocycles. The van der Waals surface area contributed by atoms with Gasteiger partial charge in [0.05, 0.1) is 31.9 Å². The van der Waals surface area contributed by atoms with Gasteiger partial charge >= 0.3 is 0 Å². The summed E-state index contributed by atoms with van der Waals surface area (Å²) in [7, 11) is 1.62. The molecule has 98 valence electrons. The second-order valence-corrected chi connectivity index (χ2v) is 4.96. The van der Waals surface area contributed by atoms with E-state index in [1.54, 1.807) is 7.11 Å². The highest BCUT2D eigenvalue weighted by Crippen LogP contribution is 2.13. The summed E-state index contributed by atoms with van der Waals surface area (Å²) in [5, 5.41) is 1.87. The van der Waals surface area contributed by atoms with E-state index < -0.39 is 0 Å². The molecule has 0 fully saturated rings. The number of aromatic amines is 1. The quantitative estimate of drug-likeness (QED) is 0.649. The first-order valence-electron chi connectivity index (χ1n) is 5.51. The Balaban J connectivity index is 2.13. The molecular weight excluding hydrogens is 272 g/mol. The maximum atomic E-state index is 12.1. The number of thiophene rings is 1. The molecular formula is C11H14N2O3S2. The highest BCUT2D eigenvalue weighted by atomic mass is 32.1. The monoisotopic (exact) mass is 286 g/mol. The third-order valence-corrected chi connectivity index (χ3v) is 3.71. The van der Waals surface area contributed by atoms with Crippen molar-refractivity contribution >= 4 is 33.8 Å². The Hall–Kier alpha value is -1.02. The molecule has 0 spiro atoms. The highest BCUT2D eigenvalue weighted by molar-refractivity contribution is 7.71. The Morgan fingerprint density at radius 2 is 2.28 bits per heavy atom. The third-order valence-electron chi connectivity index (χ3n) is 2.48. The van der Waals surface area contributed by atoms with Crippen LogP contribution in [-0.2, 0) is 16.0 Å². The van der Waals surface area contributed by atoms with Gasteiger partial charge in [-0.25, -0.2) is 0 Å². The van der Waals surface area contributed by atoms with Crippen LogP contribution in [0.25, 0.3) is 10.2 Å². The summed E-state index contributed by atoms with van der Waals surface area (Å²) in [5.74, 6) is 0. The largest absolute Gasteiger partial charge is 0.382 e. The van der Waals surface area contributed by atoms with E-state index in [2.05, 4.69) is 4.98 Å². The lowest BCUT2D eigenvalue weighted by Crippen LogP contribution is -2.24. The van der Waals surface area contributed by atoms with Crippen molar-refractivity contribution in [3.63, 3.8) is 0 Å². The van der Waals surface area contributed by atoms with E-state index >= 15 is 0 Å². The molecule has 0 saturated carbocycles. The summed E-state index contributed by atoms with van der Waals surface area (Å²) in [6.07, 6.45) is 0. The van der Waals surface area contributed by atoms with Gasteiger partial charge in [-0.05, 0) is 23.7 Å². The average molecular weight is 286 g/mol. The van der Waals surface area contributed by atoms with E-state index in [0.29, 0.717) is 35.8 Å². The van der Waals surface area contributed by atoms with Crippen molar-refractivity contribution in [2.24, 2.45) is 0 Å². The summed E-state index contributed by atoms with van der Waals surface area (Å²) in [5.41, 5.74) is 0.741. The van der Waals surface area contributed by atoms with Crippen molar-refractivity contribution in [3.05, 3.63) is 26.6 Å². The van der Waals surface area contributed by atoms with Gasteiger partial charge in [-0.3, -0.25) is 9.36 Å². The molecule has 2 aromatic rings. The smallest absolute Gasteiger partial charge is 0.272 e. The minimum absolute atomic E-state index is 0.0564. The summed E-state index contributed by atoms with van der Waals surface area (Å²) in [6, 6.07) is 1.86. The van der Waals surface area contributed by atoms with Gasteiger partial charge in [0.15, 0.2) is 4.77 Å². The number of methoxy groups -OCH3 is 1. The minimum atomic E-state index is -0.0564. The lowest BCUT2D eigenvalue weighted by Gasteiger charge is -2.07. The van der Waals surface area contributed by atoms with Crippen LogP contribution in [0.3, 0.4) is 0 Å². The topological polar surface area (TPSA) is 56.2 Å². The van der Waals surface area contributed by atoms with Crippen molar-refractivity contribution in [1.82, 2.24) is 9.55 Å². The fourth-order valence-electron chi connectivity index (χ4n) is 1.57. The predicted octanol–water partition coefficient (Wildman–Crippen LogP) is 1.78. The van der Waals surface area contributed by atoms with Gasteiger partial charge in [-0.2, -0.15) is 0 Å². The van der Waals surface area contributed by atoms with Crippen LogP contribution in [0, 0.1) is 4.77 Å². The van der Waals surface area contributed by atoms with Crippen molar-refractivity contribution in [2.45, 2.75) is 6.54 Å². The molecule has 0 aliphatic rings. The molecule has 1 N–H and O–H groups in total. The predicted molar refractivity (Wildman–Crippen MR) is 74.0 cm³/mol. The second kappa shape index (κ2) is 6.24. The number of nitrogens with one attached hydrogen (secondary N) is 1. The molecule has 0 aliphatic heterocycles. The standard InChI is InChI=1S/C11H14N2O3S2/c1-15-5-6-16-4-3-13-10(14)9-8(2-7-18-9)12-11(13)17/h2,7H,3-6H2,1H3,(H,12,17). The van der Waals surface area contributed by atoms with Crippen molar-refractivity contribution in [3.8, 4) is 0 Å². The Bertz CT molecular complexity index is 629. The first-order valence-corrected chi connectivity index (χ1v) is 6.80. The molecule has 18 heavy (non-hydrogen) atoms. The van der Waals surface area contributed by atoms with E-state index in [-0.39, 0.29) is 5.56 Å². The summed E-state index contributed by atoms with van der Waals surface area (Å²) in [4.78, 5) is 15.2. The first kappa shape index (κ1) is 13.4. The zero-order valence-corrected chi connectivity index (χ0v) is 11.6. The van der Waals surface area contributed by atoms with Crippen LogP contribution in [0.5, 0.6) is 0 Å². The van der Waals surface area contributed by atoms with Crippen molar-refractivity contribution in [2.75, 3.05) is 26.9 Å². The van der Waals surface area contributed by atoms with E-state index in [9.17, 15) is 4.79 Å². The van der Waals surface area contributed by atoms with Gasteiger partial charge in [0.2, 0.25) is 0 Å². The molecule has 0 radical (unpaired) electrons. The molecule has 2 aromatic heterocycles. The van der Waals surface area contributed by atoms with E-state index in [0.717, 1.165) is 5.52 Å². The van der Waals surface area contributed by atoms with Crippen LogP contribution in [0.4, 0.5) is 0 Å². The maximum absolute atomic E-state index is 12.1. The zero-order valence-electron chi connectivity index (χ0n) is 9.97. The molecule has 0 aliphatic carbocycles. The summed E-state index contributed by atoms with van der Waals surface area (Å²) < 4.78 is 12.9. The molecule has 2 rings (SSSR count). The fourth-order valence-corrected chi connectivity index (χ4v) is 2.66. The molecule has 0 unspecified atom stereocenters. The number of fused-ring (bicyclic) bond motifs is 1. The SMILES string of the molecule is COCCOCCn1c(=S)[nH]c2ccsc2c1=O. The van der Waals surface area contributed by atoms with Crippen LogP contribution >= 0.6 is 23.6 Å². The Kier molecular flexibility index (Phi) is 4.65. The first-order chi connectivity index (χ1) is 8.74. The van der Waals surface area contributed by atoms with Crippen LogP contribution in [0.2, 0.25) is 0 Å². The van der Waals surface area contributed by atoms with Crippen molar-refractivity contribution < 1.29 is 9.47 Å². The highest BCUT2D eigenvalue weighted by Gasteiger charge is 2.06. The number of ether oxygens (including phenoxy) is 2. The number of aromatic nitrogens is 2. The summed E-state index contributed by atoms with van der Waals surface area (Å²) >= 11 is 6.58. The van der Waals surface area contributed by atoms with E-state index in [1.807, 2.05) is 11.4 Å². The Labute approximate surface area is 113 Å². The Morgan fingerprint density at radius 3 is 3.06 bits per heavy atom. The molecule has 5 nitrogen and oxygen atoms in total. The normalized spacial score (nSPS) is 11.2. The zero-order chi connectivity index (χ0) is 13.0. The van der Waals surface area contributed by atoms with Crippen LogP contribution in [-0.4, -0.2) is 36.5 Å². The van der Waals surface area contributed by atoms with Gasteiger partial charge in [-0.1, -0.05) is 0 Å². The average Bonchev–Trinajstić information content (AvgIpc) is 2.80. The molecule has 0 atom stereocenters. The molecule has 0 amide bonds. The van der Waals surface area contributed by atoms with Crippen LogP contribution < -0.4 is 5.56 Å². The van der Waals surface area contributed by atoms with Gasteiger partial charge in [0.25, 0.3) is 5.56 Å². The van der Waals surface area contributed by atoms with Gasteiger partial charge in [-0.15, -0.1) is 11.3 Å². The lowest BCUT2D eigenvalue weighted by molar-refractivity contribution is 0.0661. The van der Waals surface area contributed by atoms with E-state index in [1.165, 1.54) is 15.9 Å². The summed E-state index contributed by atoms with van der Waals surface area (Å²) in [6.45, 7) is 1.96. The minimum Gasteiger partial charge on any atom is -0.382 e. The van der Waals surface area contributed by atoms with Crippen LogP contribution in [0.15, 0.2) is 16.2 Å². The lowest BCUT2D eigenvalue weighted by atomic mass is 10.4. The van der Waals surface area contributed by atoms with Gasteiger partial charge in [0.1, 0.15) is 4.70 Å². The maximum Gasteiger partial charge on any atom is 0.272 e. The number of nitrogens with zero attached hydrogens (tertiary/aromatic N) is 1. The number of rotatable bonds is 6. The molecule has 0 aromatic carbocycles. The van der Waals surface area contributed by atoms with E-state index in [4.69, 9.17) is 21.7 Å². The van der Waals surface area contributed by atoms with Gasteiger partial charge in [0, 0.05) is 7.11 Å². The molecule has 0 saturated heterocycles. The third kappa shape index (κ3) is 2.86.